The van der Waals surface area contributed by atoms with Gasteiger partial charge >= 0.3 is 5.97 Å². The molecule has 3 atom stereocenters. The van der Waals surface area contributed by atoms with E-state index >= 15 is 0 Å². The van der Waals surface area contributed by atoms with Crippen LogP contribution in [0.2, 0.25) is 0 Å². The lowest BCUT2D eigenvalue weighted by molar-refractivity contribution is -0.168. The van der Waals surface area contributed by atoms with Crippen LogP contribution in [-0.4, -0.2) is 101 Å². The Hall–Kier alpha value is -3.51. The highest BCUT2D eigenvalue weighted by molar-refractivity contribution is 5.98. The number of nitrogen functional groups attached to an aromatic ring is 1. The summed E-state index contributed by atoms with van der Waals surface area (Å²) in [5, 5.41) is 27.3. The number of carboxylic acids is 1. The van der Waals surface area contributed by atoms with E-state index in [1.807, 2.05) is 6.92 Å². The van der Waals surface area contributed by atoms with E-state index in [2.05, 4.69) is 16.0 Å². The number of carboxylic acid groups (broad SMARTS) is 1. The average Bonchev–Trinajstić information content (AvgIpc) is 3.73. The number of amidine groups is 1. The van der Waals surface area contributed by atoms with E-state index in [-0.39, 0.29) is 49.7 Å². The van der Waals surface area contributed by atoms with Gasteiger partial charge in [0.05, 0.1) is 24.7 Å². The topological polar surface area (TPSA) is 181 Å². The molecule has 1 aliphatic carbocycles. The summed E-state index contributed by atoms with van der Waals surface area (Å²) in [6, 6.07) is 4.22. The van der Waals surface area contributed by atoms with Crippen LogP contribution in [0.4, 0.5) is 0 Å². The maximum Gasteiger partial charge on any atom is 0.328 e. The molecule has 7 N–H and O–H groups in total. The average molecular weight is 514 g/mol. The number of nitrogens with one attached hydrogen (secondary N) is 4. The summed E-state index contributed by atoms with van der Waals surface area (Å²) in [5.74, 6) is -2.51. The molecule has 37 heavy (non-hydrogen) atoms. The molecule has 12 heteroatoms. The molecular formula is C25H35N7O5. The van der Waals surface area contributed by atoms with Crippen molar-refractivity contribution >= 4 is 29.5 Å². The van der Waals surface area contributed by atoms with Gasteiger partial charge in [0.25, 0.3) is 5.91 Å². The van der Waals surface area contributed by atoms with E-state index < -0.39 is 29.5 Å². The molecule has 3 amide bonds. The third-order valence-corrected chi connectivity index (χ3v) is 7.63. The minimum absolute atomic E-state index is 0.0195. The number of aliphatic carboxylic acids is 1. The van der Waals surface area contributed by atoms with E-state index in [1.54, 1.807) is 29.2 Å². The third kappa shape index (κ3) is 5.03. The highest BCUT2D eigenvalue weighted by atomic mass is 16.4. The number of piperazine rings is 2. The van der Waals surface area contributed by atoms with Crippen molar-refractivity contribution in [1.29, 1.82) is 5.41 Å². The van der Waals surface area contributed by atoms with Gasteiger partial charge in [0.15, 0.2) is 6.04 Å². The Morgan fingerprint density at radius 1 is 1.11 bits per heavy atom. The molecule has 200 valence electrons. The zero-order chi connectivity index (χ0) is 26.7. The first-order valence-corrected chi connectivity index (χ1v) is 12.7. The molecule has 4 rings (SSSR count). The lowest BCUT2D eigenvalue weighted by atomic mass is 9.73. The predicted molar refractivity (Wildman–Crippen MR) is 135 cm³/mol. The van der Waals surface area contributed by atoms with E-state index in [1.165, 1.54) is 4.90 Å². The number of nitrogens with zero attached hydrogens (tertiary/aromatic N) is 2. The summed E-state index contributed by atoms with van der Waals surface area (Å²) in [6.45, 7) is 3.34. The fraction of sp³-hybridized carbons (Fsp3) is 0.560. The van der Waals surface area contributed by atoms with Crippen molar-refractivity contribution in [2.75, 3.05) is 39.3 Å². The first kappa shape index (κ1) is 26.6. The molecule has 0 radical (unpaired) electrons. The first-order chi connectivity index (χ1) is 17.7. The Bertz CT molecular complexity index is 1070. The lowest BCUT2D eigenvalue weighted by Gasteiger charge is -2.56. The standard InChI is InChI=1S/C25H35N7O5/c1-2-18(30-23(35)16-5-3-15(4-6-16)22(26)27)25(17-7-8-17,32-12-10-29-14-20(32)34)21(24(36)37)31-11-9-28-13-19(31)33/h3-6,17-18,21,28-29H,2,7-14H2,1H3,(H3,26,27)(H,30,35)(H,36,37). The summed E-state index contributed by atoms with van der Waals surface area (Å²) in [4.78, 5) is 55.8. The van der Waals surface area contributed by atoms with Crippen LogP contribution in [0, 0.1) is 11.3 Å². The van der Waals surface area contributed by atoms with Crippen molar-refractivity contribution in [3.8, 4) is 0 Å². The monoisotopic (exact) mass is 513 g/mol. The van der Waals surface area contributed by atoms with Crippen molar-refractivity contribution in [2.45, 2.75) is 43.8 Å². The van der Waals surface area contributed by atoms with Crippen LogP contribution in [-0.2, 0) is 14.4 Å². The third-order valence-electron chi connectivity index (χ3n) is 7.63. The smallest absolute Gasteiger partial charge is 0.328 e. The summed E-state index contributed by atoms with van der Waals surface area (Å²) in [6.07, 6.45) is 1.75. The molecule has 1 aromatic carbocycles. The quantitative estimate of drug-likeness (QED) is 0.169. The van der Waals surface area contributed by atoms with Gasteiger partial charge in [-0.1, -0.05) is 19.1 Å². The van der Waals surface area contributed by atoms with Gasteiger partial charge in [-0.05, 0) is 37.3 Å². The van der Waals surface area contributed by atoms with Crippen molar-refractivity contribution in [3.05, 3.63) is 35.4 Å². The molecule has 3 unspecified atom stereocenters. The van der Waals surface area contributed by atoms with Gasteiger partial charge in [0, 0.05) is 37.3 Å². The van der Waals surface area contributed by atoms with Crippen LogP contribution in [0.15, 0.2) is 24.3 Å². The molecule has 0 spiro atoms. The lowest BCUT2D eigenvalue weighted by Crippen LogP contribution is -2.78. The zero-order valence-corrected chi connectivity index (χ0v) is 21.0. The summed E-state index contributed by atoms with van der Waals surface area (Å²) in [7, 11) is 0. The number of nitrogens with two attached hydrogens (primary N) is 1. The Balaban J connectivity index is 1.79. The molecule has 12 nitrogen and oxygen atoms in total. The second-order valence-electron chi connectivity index (χ2n) is 9.81. The number of rotatable bonds is 10. The molecule has 1 saturated carbocycles. The number of carbonyl (C=O) groups is 4. The van der Waals surface area contributed by atoms with Crippen LogP contribution in [0.1, 0.15) is 42.1 Å². The van der Waals surface area contributed by atoms with Crippen LogP contribution >= 0.6 is 0 Å². The zero-order valence-electron chi connectivity index (χ0n) is 21.0. The minimum atomic E-state index is -1.32. The Morgan fingerprint density at radius 3 is 2.22 bits per heavy atom. The van der Waals surface area contributed by atoms with Crippen molar-refractivity contribution < 1.29 is 24.3 Å². The minimum Gasteiger partial charge on any atom is -0.480 e. The van der Waals surface area contributed by atoms with Gasteiger partial charge in [-0.25, -0.2) is 4.79 Å². The molecule has 2 saturated heterocycles. The largest absolute Gasteiger partial charge is 0.480 e. The van der Waals surface area contributed by atoms with Gasteiger partial charge in [-0.15, -0.1) is 0 Å². The molecule has 2 heterocycles. The van der Waals surface area contributed by atoms with Gasteiger partial charge in [-0.2, -0.15) is 0 Å². The maximum atomic E-state index is 13.4. The molecule has 1 aromatic rings. The first-order valence-electron chi connectivity index (χ1n) is 12.7. The van der Waals surface area contributed by atoms with Gasteiger partial charge in [0.2, 0.25) is 11.8 Å². The Morgan fingerprint density at radius 2 is 1.70 bits per heavy atom. The molecule has 0 bridgehead atoms. The van der Waals surface area contributed by atoms with Gasteiger partial charge < -0.3 is 36.6 Å². The summed E-state index contributed by atoms with van der Waals surface area (Å²) in [5.41, 5.74) is 5.01. The second-order valence-corrected chi connectivity index (χ2v) is 9.81. The predicted octanol–water partition coefficient (Wildman–Crippen LogP) is -1.06. The van der Waals surface area contributed by atoms with Crippen molar-refractivity contribution in [2.24, 2.45) is 11.7 Å². The van der Waals surface area contributed by atoms with E-state index in [9.17, 15) is 24.3 Å². The number of amides is 3. The maximum absolute atomic E-state index is 13.4. The van der Waals surface area contributed by atoms with Crippen LogP contribution in [0.5, 0.6) is 0 Å². The van der Waals surface area contributed by atoms with Crippen molar-refractivity contribution in [1.82, 2.24) is 25.8 Å². The SMILES string of the molecule is CCC(NC(=O)c1ccc(C(=N)N)cc1)C(C1CC1)(C(C(=O)O)N1CCNCC1=O)N1CCNCC1=O. The van der Waals surface area contributed by atoms with E-state index in [0.29, 0.717) is 43.5 Å². The number of hydrogen-bond donors (Lipinski definition) is 6. The van der Waals surface area contributed by atoms with Gasteiger partial charge in [-0.3, -0.25) is 19.8 Å². The Labute approximate surface area is 215 Å². The molecular weight excluding hydrogens is 478 g/mol. The molecule has 0 aromatic heterocycles. The highest BCUT2D eigenvalue weighted by Gasteiger charge is 2.64. The fourth-order valence-electron chi connectivity index (χ4n) is 5.88. The van der Waals surface area contributed by atoms with Crippen LogP contribution < -0.4 is 21.7 Å². The van der Waals surface area contributed by atoms with E-state index in [0.717, 1.165) is 0 Å². The van der Waals surface area contributed by atoms with E-state index in [4.69, 9.17) is 11.1 Å². The summed E-state index contributed by atoms with van der Waals surface area (Å²) < 4.78 is 0. The highest BCUT2D eigenvalue weighted by Crippen LogP contribution is 2.50. The fourth-order valence-corrected chi connectivity index (χ4v) is 5.88. The van der Waals surface area contributed by atoms with Gasteiger partial charge in [0.1, 0.15) is 5.84 Å². The molecule has 2 aliphatic heterocycles. The number of benzene rings is 1. The molecule has 3 fully saturated rings. The van der Waals surface area contributed by atoms with Crippen molar-refractivity contribution in [3.63, 3.8) is 0 Å². The Kier molecular flexibility index (Phi) is 7.79. The van der Waals surface area contributed by atoms with Crippen LogP contribution in [0.3, 0.4) is 0 Å². The number of hydrogen-bond acceptors (Lipinski definition) is 7. The normalized spacial score (nSPS) is 21.6. The summed E-state index contributed by atoms with van der Waals surface area (Å²) >= 11 is 0. The van der Waals surface area contributed by atoms with Crippen LogP contribution in [0.25, 0.3) is 0 Å². The molecule has 3 aliphatic rings. The second kappa shape index (κ2) is 10.9. The number of carbonyl (C=O) groups excluding carboxylic acids is 3.